The fourth-order valence-corrected chi connectivity index (χ4v) is 4.26. The molecule has 0 aliphatic rings. The molecule has 2 heterocycles. The van der Waals surface area contributed by atoms with Crippen molar-refractivity contribution in [2.45, 2.75) is 26.4 Å². The van der Waals surface area contributed by atoms with Crippen molar-refractivity contribution < 1.29 is 14.3 Å². The zero-order valence-corrected chi connectivity index (χ0v) is 21.8. The summed E-state index contributed by atoms with van der Waals surface area (Å²) in [6.07, 6.45) is 0. The first-order valence-corrected chi connectivity index (χ1v) is 12.5. The molecule has 0 amide bonds. The molecule has 5 aromatic rings. The van der Waals surface area contributed by atoms with Crippen molar-refractivity contribution in [1.82, 2.24) is 19.1 Å². The summed E-state index contributed by atoms with van der Waals surface area (Å²) in [5.74, 6) is -1.65. The van der Waals surface area contributed by atoms with Crippen molar-refractivity contribution in [2.75, 3.05) is 0 Å². The minimum Gasteiger partial charge on any atom is -0.481 e. The first kappa shape index (κ1) is 25.9. The molecule has 5 rings (SSSR count). The van der Waals surface area contributed by atoms with Gasteiger partial charge in [0.2, 0.25) is 11.5 Å². The van der Waals surface area contributed by atoms with Crippen molar-refractivity contribution >= 4 is 34.4 Å². The SMILES string of the molecule is C[C@@H](C(=O)O)[C@H](C)n1c(=O)[nH]/c(=N\c2ccc3oc(-c4ccccc4)nc3c2)n(Cc2ccc(Cl)cc2)c1=O. The van der Waals surface area contributed by atoms with Crippen LogP contribution in [0.3, 0.4) is 0 Å². The minimum atomic E-state index is -1.12. The molecule has 11 heteroatoms. The van der Waals surface area contributed by atoms with Gasteiger partial charge in [0.25, 0.3) is 0 Å². The molecular formula is C28H24ClN5O5. The lowest BCUT2D eigenvalue weighted by molar-refractivity contribution is -0.142. The summed E-state index contributed by atoms with van der Waals surface area (Å²) in [7, 11) is 0. The van der Waals surface area contributed by atoms with Gasteiger partial charge in [0.1, 0.15) is 5.52 Å². The van der Waals surface area contributed by atoms with Crippen LogP contribution in [0, 0.1) is 5.92 Å². The summed E-state index contributed by atoms with van der Waals surface area (Å²) < 4.78 is 8.06. The van der Waals surface area contributed by atoms with Gasteiger partial charge in [-0.05, 0) is 61.9 Å². The van der Waals surface area contributed by atoms with Crippen LogP contribution in [0.4, 0.5) is 5.69 Å². The Kier molecular flexibility index (Phi) is 7.03. The van der Waals surface area contributed by atoms with Gasteiger partial charge in [-0.15, -0.1) is 0 Å². The number of rotatable bonds is 7. The van der Waals surface area contributed by atoms with Gasteiger partial charge in [-0.3, -0.25) is 14.3 Å². The number of nitrogens with one attached hydrogen (secondary N) is 1. The molecule has 0 saturated carbocycles. The Balaban J connectivity index is 1.65. The van der Waals surface area contributed by atoms with Crippen molar-refractivity contribution in [3.8, 4) is 11.5 Å². The van der Waals surface area contributed by atoms with E-state index in [9.17, 15) is 19.5 Å². The molecule has 2 aromatic heterocycles. The van der Waals surface area contributed by atoms with Crippen molar-refractivity contribution in [3.05, 3.63) is 110 Å². The van der Waals surface area contributed by atoms with Gasteiger partial charge >= 0.3 is 17.3 Å². The van der Waals surface area contributed by atoms with E-state index in [4.69, 9.17) is 16.0 Å². The van der Waals surface area contributed by atoms with Crippen molar-refractivity contribution in [1.29, 1.82) is 0 Å². The zero-order chi connectivity index (χ0) is 27.7. The highest BCUT2D eigenvalue weighted by molar-refractivity contribution is 6.30. The molecule has 3 aromatic carbocycles. The van der Waals surface area contributed by atoms with Crippen LogP contribution in [0.1, 0.15) is 25.5 Å². The molecular weight excluding hydrogens is 522 g/mol. The van der Waals surface area contributed by atoms with Gasteiger partial charge in [-0.2, -0.15) is 0 Å². The second kappa shape index (κ2) is 10.6. The minimum absolute atomic E-state index is 0.00231. The normalized spacial score (nSPS) is 13.5. The second-order valence-corrected chi connectivity index (χ2v) is 9.57. The van der Waals surface area contributed by atoms with E-state index in [2.05, 4.69) is 15.0 Å². The van der Waals surface area contributed by atoms with Crippen LogP contribution in [-0.2, 0) is 11.3 Å². The molecule has 39 heavy (non-hydrogen) atoms. The van der Waals surface area contributed by atoms with E-state index in [1.807, 2.05) is 30.3 Å². The number of carbonyl (C=O) groups is 1. The molecule has 2 N–H and O–H groups in total. The number of hydrogen-bond donors (Lipinski definition) is 2. The van der Waals surface area contributed by atoms with Crippen LogP contribution in [0.5, 0.6) is 0 Å². The largest absolute Gasteiger partial charge is 0.481 e. The molecule has 0 spiro atoms. The maximum Gasteiger partial charge on any atom is 0.335 e. The molecule has 0 aliphatic heterocycles. The van der Waals surface area contributed by atoms with Gasteiger partial charge in [0.05, 0.1) is 24.2 Å². The molecule has 0 aliphatic carbocycles. The lowest BCUT2D eigenvalue weighted by Crippen LogP contribution is -2.52. The van der Waals surface area contributed by atoms with E-state index < -0.39 is 29.3 Å². The van der Waals surface area contributed by atoms with Gasteiger partial charge in [-0.25, -0.2) is 24.1 Å². The first-order chi connectivity index (χ1) is 18.7. The molecule has 0 fully saturated rings. The lowest BCUT2D eigenvalue weighted by Gasteiger charge is -2.19. The summed E-state index contributed by atoms with van der Waals surface area (Å²) in [5, 5.41) is 9.99. The number of halogens is 1. The number of benzene rings is 3. The monoisotopic (exact) mass is 545 g/mol. The average molecular weight is 546 g/mol. The summed E-state index contributed by atoms with van der Waals surface area (Å²) in [6.45, 7) is 3.02. The summed E-state index contributed by atoms with van der Waals surface area (Å²) in [4.78, 5) is 50.0. The fraction of sp³-hybridized carbons (Fsp3) is 0.179. The van der Waals surface area contributed by atoms with Crippen LogP contribution in [0.2, 0.25) is 5.02 Å². The third-order valence-electron chi connectivity index (χ3n) is 6.53. The predicted molar refractivity (Wildman–Crippen MR) is 146 cm³/mol. The van der Waals surface area contributed by atoms with Crippen LogP contribution < -0.4 is 17.0 Å². The number of oxazole rings is 1. The highest BCUT2D eigenvalue weighted by Crippen LogP contribution is 2.26. The van der Waals surface area contributed by atoms with Crippen molar-refractivity contribution in [2.24, 2.45) is 10.9 Å². The number of nitrogens with zero attached hydrogens (tertiary/aromatic N) is 4. The first-order valence-electron chi connectivity index (χ1n) is 12.1. The molecule has 198 valence electrons. The highest BCUT2D eigenvalue weighted by atomic mass is 35.5. The van der Waals surface area contributed by atoms with Gasteiger partial charge in [0.15, 0.2) is 5.58 Å². The molecule has 0 bridgehead atoms. The molecule has 0 radical (unpaired) electrons. The van der Waals surface area contributed by atoms with Gasteiger partial charge < -0.3 is 9.52 Å². The molecule has 0 unspecified atom stereocenters. The zero-order valence-electron chi connectivity index (χ0n) is 21.0. The number of aromatic nitrogens is 4. The van der Waals surface area contributed by atoms with E-state index in [-0.39, 0.29) is 12.2 Å². The third kappa shape index (κ3) is 5.32. The van der Waals surface area contributed by atoms with Crippen LogP contribution in [0.25, 0.3) is 22.6 Å². The van der Waals surface area contributed by atoms with E-state index in [1.54, 1.807) is 42.5 Å². The number of carboxylic acid groups (broad SMARTS) is 1. The Hall–Kier alpha value is -4.70. The van der Waals surface area contributed by atoms with Crippen LogP contribution >= 0.6 is 11.6 Å². The molecule has 2 atom stereocenters. The number of H-pyrrole nitrogens is 1. The smallest absolute Gasteiger partial charge is 0.335 e. The topological polar surface area (TPSA) is 135 Å². The quantitative estimate of drug-likeness (QED) is 0.312. The Morgan fingerprint density at radius 2 is 1.79 bits per heavy atom. The van der Waals surface area contributed by atoms with E-state index in [0.717, 1.165) is 15.7 Å². The van der Waals surface area contributed by atoms with E-state index in [1.165, 1.54) is 18.4 Å². The number of fused-ring (bicyclic) bond motifs is 1. The van der Waals surface area contributed by atoms with Crippen LogP contribution in [0.15, 0.2) is 91.8 Å². The maximum atomic E-state index is 13.6. The average Bonchev–Trinajstić information content (AvgIpc) is 3.35. The molecule has 0 saturated heterocycles. The third-order valence-corrected chi connectivity index (χ3v) is 6.78. The highest BCUT2D eigenvalue weighted by Gasteiger charge is 2.25. The number of aromatic amines is 1. The van der Waals surface area contributed by atoms with Gasteiger partial charge in [-0.1, -0.05) is 41.9 Å². The number of hydrogen-bond acceptors (Lipinski definition) is 6. The summed E-state index contributed by atoms with van der Waals surface area (Å²) >= 11 is 6.02. The number of carboxylic acids is 1. The number of aliphatic carboxylic acids is 1. The maximum absolute atomic E-state index is 13.6. The van der Waals surface area contributed by atoms with Crippen molar-refractivity contribution in [3.63, 3.8) is 0 Å². The predicted octanol–water partition coefficient (Wildman–Crippen LogP) is 4.36. The summed E-state index contributed by atoms with van der Waals surface area (Å²) in [5.41, 5.74) is 1.64. The fourth-order valence-electron chi connectivity index (χ4n) is 4.14. The van der Waals surface area contributed by atoms with Gasteiger partial charge in [0, 0.05) is 10.6 Å². The van der Waals surface area contributed by atoms with E-state index >= 15 is 0 Å². The standard InChI is InChI=1S/C28H24ClN5O5/c1-16(25(35)36)17(2)34-27(37)32-26(33(28(34)38)15-18-8-10-20(29)11-9-18)30-21-12-13-23-22(14-21)31-24(39-23)19-6-4-3-5-7-19/h3-14,16-17H,15H2,1-2H3,(H,35,36)(H,30,32,37)/t16-,17+/m1/s1. The van der Waals surface area contributed by atoms with Crippen LogP contribution in [-0.4, -0.2) is 30.2 Å². The Bertz CT molecular complexity index is 1850. The Labute approximate surface area is 226 Å². The Morgan fingerprint density at radius 3 is 2.49 bits per heavy atom. The molecule has 10 nitrogen and oxygen atoms in total. The lowest BCUT2D eigenvalue weighted by atomic mass is 10.0. The Morgan fingerprint density at radius 1 is 1.08 bits per heavy atom. The van der Waals surface area contributed by atoms with E-state index in [0.29, 0.717) is 27.7 Å². The summed E-state index contributed by atoms with van der Waals surface area (Å²) in [6, 6.07) is 20.5. The second-order valence-electron chi connectivity index (χ2n) is 9.14.